The van der Waals surface area contributed by atoms with Gasteiger partial charge in [0.1, 0.15) is 5.75 Å². The largest absolute Gasteiger partial charge is 0.497 e. The van der Waals surface area contributed by atoms with Crippen molar-refractivity contribution in [3.05, 3.63) is 24.3 Å². The van der Waals surface area contributed by atoms with Gasteiger partial charge in [0.15, 0.2) is 0 Å². The molecule has 1 aromatic rings. The molecule has 3 amide bonds. The van der Waals surface area contributed by atoms with Crippen molar-refractivity contribution in [3.63, 3.8) is 0 Å². The number of nitrogens with one attached hydrogen (secondary N) is 2. The normalized spacial score (nSPS) is 17.2. The third kappa shape index (κ3) is 5.13. The molecule has 1 saturated heterocycles. The predicted octanol–water partition coefficient (Wildman–Crippen LogP) is 1.05. The van der Waals surface area contributed by atoms with Crippen molar-refractivity contribution in [2.45, 2.75) is 18.9 Å². The van der Waals surface area contributed by atoms with Crippen LogP contribution < -0.4 is 20.3 Å². The van der Waals surface area contributed by atoms with Crippen LogP contribution >= 0.6 is 0 Å². The van der Waals surface area contributed by atoms with Gasteiger partial charge in [-0.3, -0.25) is 4.79 Å². The van der Waals surface area contributed by atoms with Gasteiger partial charge in [-0.15, -0.1) is 0 Å². The Bertz CT molecular complexity index is 577. The first-order valence-electron chi connectivity index (χ1n) is 8.13. The highest BCUT2D eigenvalue weighted by atomic mass is 16.5. The lowest BCUT2D eigenvalue weighted by Gasteiger charge is -2.18. The second-order valence-electron chi connectivity index (χ2n) is 6.16. The minimum absolute atomic E-state index is 0.00107. The smallest absolute Gasteiger partial charge is 0.315 e. The van der Waals surface area contributed by atoms with Gasteiger partial charge in [-0.2, -0.15) is 0 Å². The number of benzene rings is 1. The predicted molar refractivity (Wildman–Crippen MR) is 93.5 cm³/mol. The number of carbonyl (C=O) groups excluding carboxylic acids is 2. The summed E-state index contributed by atoms with van der Waals surface area (Å²) in [6, 6.07) is 6.96. The lowest BCUT2D eigenvalue weighted by molar-refractivity contribution is -0.117. The van der Waals surface area contributed by atoms with Crippen LogP contribution in [0.4, 0.5) is 10.5 Å². The third-order valence-electron chi connectivity index (χ3n) is 3.89. The number of amides is 3. The summed E-state index contributed by atoms with van der Waals surface area (Å²) >= 11 is 0. The zero-order chi connectivity index (χ0) is 17.5. The zero-order valence-corrected chi connectivity index (χ0v) is 14.5. The van der Waals surface area contributed by atoms with E-state index in [-0.39, 0.29) is 18.0 Å². The summed E-state index contributed by atoms with van der Waals surface area (Å²) in [5.74, 6) is 0.705. The standard InChI is InChI=1S/C17H26N4O3/c1-20(2)9-5-8-18-17(23)19-13-10-16(22)21(12-13)14-6-4-7-15(11-14)24-3/h4,6-7,11,13H,5,8-10,12H2,1-3H3,(H2,18,19,23)/t13-/m0/s1. The lowest BCUT2D eigenvalue weighted by atomic mass is 10.2. The van der Waals surface area contributed by atoms with Gasteiger partial charge in [-0.1, -0.05) is 6.07 Å². The van der Waals surface area contributed by atoms with Crippen LogP contribution in [0.3, 0.4) is 0 Å². The fourth-order valence-corrected chi connectivity index (χ4v) is 2.67. The van der Waals surface area contributed by atoms with Crippen molar-refractivity contribution in [2.75, 3.05) is 45.7 Å². The molecule has 0 aromatic heterocycles. The number of carbonyl (C=O) groups is 2. The highest BCUT2D eigenvalue weighted by molar-refractivity contribution is 5.97. The van der Waals surface area contributed by atoms with E-state index in [0.29, 0.717) is 25.3 Å². The molecule has 132 valence electrons. The number of ether oxygens (including phenoxy) is 1. The first kappa shape index (κ1) is 18.1. The number of hydrogen-bond acceptors (Lipinski definition) is 4. The summed E-state index contributed by atoms with van der Waals surface area (Å²) in [5.41, 5.74) is 0.787. The van der Waals surface area contributed by atoms with Crippen molar-refractivity contribution < 1.29 is 14.3 Å². The van der Waals surface area contributed by atoms with Crippen molar-refractivity contribution >= 4 is 17.6 Å². The maximum atomic E-state index is 12.2. The maximum absolute atomic E-state index is 12.2. The van der Waals surface area contributed by atoms with Gasteiger partial charge < -0.3 is 25.2 Å². The Morgan fingerprint density at radius 2 is 2.21 bits per heavy atom. The Labute approximate surface area is 142 Å². The molecule has 0 spiro atoms. The molecule has 1 fully saturated rings. The van der Waals surface area contributed by atoms with Crippen LogP contribution in [0.2, 0.25) is 0 Å². The minimum Gasteiger partial charge on any atom is -0.497 e. The summed E-state index contributed by atoms with van der Waals surface area (Å²) in [4.78, 5) is 27.9. The first-order chi connectivity index (χ1) is 11.5. The molecule has 2 rings (SSSR count). The molecule has 24 heavy (non-hydrogen) atoms. The van der Waals surface area contributed by atoms with E-state index in [4.69, 9.17) is 4.74 Å². The first-order valence-corrected chi connectivity index (χ1v) is 8.13. The number of anilines is 1. The summed E-state index contributed by atoms with van der Waals surface area (Å²) in [6.07, 6.45) is 1.20. The topological polar surface area (TPSA) is 73.9 Å². The molecule has 0 saturated carbocycles. The van der Waals surface area contributed by atoms with Gasteiger partial charge in [-0.25, -0.2) is 4.79 Å². The van der Waals surface area contributed by atoms with E-state index in [9.17, 15) is 9.59 Å². The van der Waals surface area contributed by atoms with Crippen LogP contribution in [0.1, 0.15) is 12.8 Å². The monoisotopic (exact) mass is 334 g/mol. The zero-order valence-electron chi connectivity index (χ0n) is 14.5. The van der Waals surface area contributed by atoms with Crippen LogP contribution in [0.25, 0.3) is 0 Å². The molecule has 1 atom stereocenters. The summed E-state index contributed by atoms with van der Waals surface area (Å²) in [7, 11) is 5.59. The van der Waals surface area contributed by atoms with Crippen LogP contribution in [0, 0.1) is 0 Å². The number of rotatable bonds is 7. The summed E-state index contributed by atoms with van der Waals surface area (Å²) in [6.45, 7) is 2.01. The van der Waals surface area contributed by atoms with Gasteiger partial charge in [0.2, 0.25) is 5.91 Å². The quantitative estimate of drug-likeness (QED) is 0.731. The van der Waals surface area contributed by atoms with E-state index in [1.807, 2.05) is 38.4 Å². The van der Waals surface area contributed by atoms with Crippen molar-refractivity contribution in [3.8, 4) is 5.75 Å². The van der Waals surface area contributed by atoms with E-state index in [2.05, 4.69) is 15.5 Å². The Hall–Kier alpha value is -2.28. The molecule has 2 N–H and O–H groups in total. The van der Waals surface area contributed by atoms with E-state index < -0.39 is 0 Å². The highest BCUT2D eigenvalue weighted by Crippen LogP contribution is 2.25. The number of nitrogens with zero attached hydrogens (tertiary/aromatic N) is 2. The Morgan fingerprint density at radius 1 is 1.42 bits per heavy atom. The van der Waals surface area contributed by atoms with E-state index in [0.717, 1.165) is 18.7 Å². The van der Waals surface area contributed by atoms with Crippen molar-refractivity contribution in [1.82, 2.24) is 15.5 Å². The van der Waals surface area contributed by atoms with Gasteiger partial charge >= 0.3 is 6.03 Å². The molecular formula is C17H26N4O3. The fourth-order valence-electron chi connectivity index (χ4n) is 2.67. The number of hydrogen-bond donors (Lipinski definition) is 2. The number of methoxy groups -OCH3 is 1. The molecule has 1 aliphatic heterocycles. The summed E-state index contributed by atoms with van der Waals surface area (Å²) < 4.78 is 5.19. The van der Waals surface area contributed by atoms with Crippen LogP contribution in [0.5, 0.6) is 5.75 Å². The highest BCUT2D eigenvalue weighted by Gasteiger charge is 2.31. The molecule has 1 heterocycles. The molecule has 7 nitrogen and oxygen atoms in total. The molecule has 1 aromatic carbocycles. The molecule has 0 unspecified atom stereocenters. The minimum atomic E-state index is -0.223. The van der Waals surface area contributed by atoms with Gasteiger partial charge in [-0.05, 0) is 39.2 Å². The SMILES string of the molecule is COc1cccc(N2C[C@@H](NC(=O)NCCCN(C)C)CC2=O)c1. The second kappa shape index (κ2) is 8.54. The van der Waals surface area contributed by atoms with Gasteiger partial charge in [0, 0.05) is 31.3 Å². The van der Waals surface area contributed by atoms with E-state index in [1.165, 1.54) is 0 Å². The van der Waals surface area contributed by atoms with E-state index >= 15 is 0 Å². The van der Waals surface area contributed by atoms with Gasteiger partial charge in [0.05, 0.1) is 13.2 Å². The van der Waals surface area contributed by atoms with Crippen molar-refractivity contribution in [1.29, 1.82) is 0 Å². The van der Waals surface area contributed by atoms with Gasteiger partial charge in [0.25, 0.3) is 0 Å². The molecule has 1 aliphatic rings. The van der Waals surface area contributed by atoms with Crippen LogP contribution in [-0.4, -0.2) is 63.7 Å². The van der Waals surface area contributed by atoms with Crippen LogP contribution in [0.15, 0.2) is 24.3 Å². The Balaban J connectivity index is 1.82. The number of urea groups is 1. The average molecular weight is 334 g/mol. The Kier molecular flexibility index (Phi) is 6.43. The average Bonchev–Trinajstić information content (AvgIpc) is 2.91. The molecule has 0 aliphatic carbocycles. The molecule has 0 bridgehead atoms. The van der Waals surface area contributed by atoms with Crippen molar-refractivity contribution in [2.24, 2.45) is 0 Å². The van der Waals surface area contributed by atoms with Crippen LogP contribution in [-0.2, 0) is 4.79 Å². The fraction of sp³-hybridized carbons (Fsp3) is 0.529. The second-order valence-corrected chi connectivity index (χ2v) is 6.16. The summed E-state index contributed by atoms with van der Waals surface area (Å²) in [5, 5.41) is 5.69. The maximum Gasteiger partial charge on any atom is 0.315 e. The van der Waals surface area contributed by atoms with E-state index in [1.54, 1.807) is 12.0 Å². The molecule has 7 heteroatoms. The third-order valence-corrected chi connectivity index (χ3v) is 3.89. The Morgan fingerprint density at radius 3 is 2.92 bits per heavy atom. The molecule has 0 radical (unpaired) electrons. The lowest BCUT2D eigenvalue weighted by Crippen LogP contribution is -2.43. The molecular weight excluding hydrogens is 308 g/mol.